The summed E-state index contributed by atoms with van der Waals surface area (Å²) in [6, 6.07) is 9.56. The molecule has 0 atom stereocenters. The number of anilines is 1. The van der Waals surface area contributed by atoms with Gasteiger partial charge in [0.05, 0.1) is 30.5 Å². The van der Waals surface area contributed by atoms with Gasteiger partial charge in [0, 0.05) is 10.5 Å². The van der Waals surface area contributed by atoms with Gasteiger partial charge in [0.1, 0.15) is 11.3 Å². The number of H-pyrrole nitrogens is 1. The molecule has 3 aromatic rings. The number of benzene rings is 1. The molecule has 0 spiro atoms. The Labute approximate surface area is 141 Å². The van der Waals surface area contributed by atoms with E-state index in [1.54, 1.807) is 19.4 Å². The van der Waals surface area contributed by atoms with Gasteiger partial charge in [-0.05, 0) is 31.2 Å². The smallest absolute Gasteiger partial charge is 0.346 e. The summed E-state index contributed by atoms with van der Waals surface area (Å²) in [6.45, 7) is 2.59. The van der Waals surface area contributed by atoms with Crippen LogP contribution in [0.1, 0.15) is 23.0 Å². The zero-order valence-electron chi connectivity index (χ0n) is 12.6. The lowest BCUT2D eigenvalue weighted by atomic mass is 10.1. The molecule has 2 aromatic heterocycles. The molecule has 118 valence electrons. The minimum atomic E-state index is -0.368. The van der Waals surface area contributed by atoms with Crippen molar-refractivity contribution in [2.24, 2.45) is 0 Å². The number of carbonyl (C=O) groups excluding carboxylic acids is 1. The topological polar surface area (TPSA) is 65.6 Å². The van der Waals surface area contributed by atoms with E-state index < -0.39 is 0 Å². The van der Waals surface area contributed by atoms with Crippen LogP contribution in [0.5, 0.6) is 0 Å². The van der Waals surface area contributed by atoms with E-state index >= 15 is 0 Å². The van der Waals surface area contributed by atoms with Gasteiger partial charge in [0.2, 0.25) is 5.52 Å². The van der Waals surface area contributed by atoms with E-state index in [1.807, 2.05) is 30.3 Å². The fourth-order valence-corrected chi connectivity index (χ4v) is 2.73. The molecule has 2 N–H and O–H groups in total. The van der Waals surface area contributed by atoms with Crippen LogP contribution in [0.4, 0.5) is 5.69 Å². The van der Waals surface area contributed by atoms with E-state index in [1.165, 1.54) is 0 Å². The predicted molar refractivity (Wildman–Crippen MR) is 90.2 cm³/mol. The SMILES string of the molecule is CCOC(=O)c1c[nH+]c2ccc(Br)cc2c1NCc1ccco1. The zero-order chi connectivity index (χ0) is 16.2. The molecule has 0 saturated heterocycles. The van der Waals surface area contributed by atoms with Crippen LogP contribution in [-0.2, 0) is 11.3 Å². The molecule has 0 aliphatic rings. The Kier molecular flexibility index (Phi) is 4.62. The fourth-order valence-electron chi connectivity index (χ4n) is 2.37. The standard InChI is InChI=1S/C17H15BrN2O3/c1-2-22-17(21)14-10-19-15-6-5-11(18)8-13(15)16(14)20-9-12-4-3-7-23-12/h3-8,10H,2,9H2,1H3,(H,19,20)/p+1. The molecular weight excluding hydrogens is 360 g/mol. The van der Waals surface area contributed by atoms with Gasteiger partial charge in [0.25, 0.3) is 0 Å². The van der Waals surface area contributed by atoms with Crippen molar-refractivity contribution in [2.45, 2.75) is 13.5 Å². The average Bonchev–Trinajstić information content (AvgIpc) is 3.06. The van der Waals surface area contributed by atoms with Crippen LogP contribution in [0.2, 0.25) is 0 Å². The van der Waals surface area contributed by atoms with E-state index in [-0.39, 0.29) is 5.97 Å². The summed E-state index contributed by atoms with van der Waals surface area (Å²) in [4.78, 5) is 15.4. The third-order valence-corrected chi connectivity index (χ3v) is 3.90. The van der Waals surface area contributed by atoms with Crippen molar-refractivity contribution in [2.75, 3.05) is 11.9 Å². The first-order valence-corrected chi connectivity index (χ1v) is 8.05. The second kappa shape index (κ2) is 6.83. The number of nitrogens with one attached hydrogen (secondary N) is 2. The largest absolute Gasteiger partial charge is 0.467 e. The van der Waals surface area contributed by atoms with Crippen LogP contribution in [-0.4, -0.2) is 12.6 Å². The van der Waals surface area contributed by atoms with Gasteiger partial charge in [0.15, 0.2) is 6.20 Å². The maximum atomic E-state index is 12.2. The summed E-state index contributed by atoms with van der Waals surface area (Å²) in [6.07, 6.45) is 3.29. The Morgan fingerprint density at radius 1 is 1.39 bits per heavy atom. The minimum absolute atomic E-state index is 0.326. The zero-order valence-corrected chi connectivity index (χ0v) is 14.1. The lowest BCUT2D eigenvalue weighted by molar-refractivity contribution is -0.344. The van der Waals surface area contributed by atoms with Gasteiger partial charge >= 0.3 is 5.97 Å². The summed E-state index contributed by atoms with van der Waals surface area (Å²) >= 11 is 3.47. The Bertz CT molecular complexity index is 831. The number of aromatic nitrogens is 1. The Hall–Kier alpha value is -2.34. The highest BCUT2D eigenvalue weighted by Crippen LogP contribution is 2.28. The highest BCUT2D eigenvalue weighted by Gasteiger charge is 2.20. The molecular formula is C17H16BrN2O3+. The predicted octanol–water partition coefficient (Wildman–Crippen LogP) is 3.80. The number of furan rings is 1. The van der Waals surface area contributed by atoms with E-state index in [2.05, 4.69) is 26.2 Å². The van der Waals surface area contributed by atoms with E-state index in [4.69, 9.17) is 9.15 Å². The molecule has 5 nitrogen and oxygen atoms in total. The van der Waals surface area contributed by atoms with Crippen molar-refractivity contribution in [1.82, 2.24) is 0 Å². The van der Waals surface area contributed by atoms with Crippen LogP contribution in [0.15, 0.2) is 51.7 Å². The normalized spacial score (nSPS) is 10.7. The summed E-state index contributed by atoms with van der Waals surface area (Å²) in [7, 11) is 0. The van der Waals surface area contributed by atoms with E-state index in [0.29, 0.717) is 18.7 Å². The number of rotatable bonds is 5. The Morgan fingerprint density at radius 2 is 2.26 bits per heavy atom. The maximum absolute atomic E-state index is 12.2. The van der Waals surface area contributed by atoms with Gasteiger partial charge in [-0.2, -0.15) is 0 Å². The highest BCUT2D eigenvalue weighted by molar-refractivity contribution is 9.10. The van der Waals surface area contributed by atoms with Crippen molar-refractivity contribution in [3.05, 3.63) is 58.6 Å². The maximum Gasteiger partial charge on any atom is 0.346 e. The number of hydrogen-bond donors (Lipinski definition) is 1. The quantitative estimate of drug-likeness (QED) is 0.688. The Balaban J connectivity index is 2.06. The molecule has 0 unspecified atom stereocenters. The molecule has 6 heteroatoms. The molecule has 23 heavy (non-hydrogen) atoms. The average molecular weight is 376 g/mol. The lowest BCUT2D eigenvalue weighted by Crippen LogP contribution is -2.16. The van der Waals surface area contributed by atoms with Crippen LogP contribution in [0.25, 0.3) is 10.9 Å². The first-order chi connectivity index (χ1) is 11.2. The summed E-state index contributed by atoms with van der Waals surface area (Å²) in [5.41, 5.74) is 2.10. The molecule has 0 saturated carbocycles. The molecule has 0 amide bonds. The second-order valence-corrected chi connectivity index (χ2v) is 5.84. The third-order valence-electron chi connectivity index (χ3n) is 3.41. The van der Waals surface area contributed by atoms with Crippen molar-refractivity contribution >= 4 is 38.5 Å². The van der Waals surface area contributed by atoms with Crippen molar-refractivity contribution in [3.63, 3.8) is 0 Å². The van der Waals surface area contributed by atoms with Crippen LogP contribution < -0.4 is 10.3 Å². The number of aromatic amines is 1. The summed E-state index contributed by atoms with van der Waals surface area (Å²) in [5.74, 6) is 0.420. The van der Waals surface area contributed by atoms with E-state index in [9.17, 15) is 4.79 Å². The lowest BCUT2D eigenvalue weighted by Gasteiger charge is -2.11. The monoisotopic (exact) mass is 375 g/mol. The fraction of sp³-hybridized carbons (Fsp3) is 0.176. The number of pyridine rings is 1. The van der Waals surface area contributed by atoms with Crippen LogP contribution in [0.3, 0.4) is 0 Å². The van der Waals surface area contributed by atoms with E-state index in [0.717, 1.165) is 26.8 Å². The van der Waals surface area contributed by atoms with Crippen LogP contribution >= 0.6 is 15.9 Å². The number of fused-ring (bicyclic) bond motifs is 1. The third kappa shape index (κ3) is 3.37. The molecule has 2 heterocycles. The number of hydrogen-bond acceptors (Lipinski definition) is 4. The number of esters is 1. The van der Waals surface area contributed by atoms with Crippen molar-refractivity contribution < 1.29 is 18.9 Å². The van der Waals surface area contributed by atoms with Crippen molar-refractivity contribution in [1.29, 1.82) is 0 Å². The van der Waals surface area contributed by atoms with Crippen molar-refractivity contribution in [3.8, 4) is 0 Å². The summed E-state index contributed by atoms with van der Waals surface area (Å²) in [5, 5.41) is 4.19. The van der Waals surface area contributed by atoms with Gasteiger partial charge < -0.3 is 14.5 Å². The molecule has 3 rings (SSSR count). The molecule has 0 fully saturated rings. The Morgan fingerprint density at radius 3 is 3.00 bits per heavy atom. The minimum Gasteiger partial charge on any atom is -0.467 e. The first-order valence-electron chi connectivity index (χ1n) is 7.26. The van der Waals surface area contributed by atoms with Gasteiger partial charge in [-0.15, -0.1) is 0 Å². The van der Waals surface area contributed by atoms with Crippen LogP contribution in [0, 0.1) is 0 Å². The number of carbonyl (C=O) groups is 1. The first kappa shape index (κ1) is 15.6. The molecule has 0 bridgehead atoms. The molecule has 1 aromatic carbocycles. The second-order valence-electron chi connectivity index (χ2n) is 4.92. The number of halogens is 1. The van der Waals surface area contributed by atoms with Gasteiger partial charge in [-0.25, -0.2) is 9.78 Å². The van der Waals surface area contributed by atoms with Gasteiger partial charge in [-0.1, -0.05) is 15.9 Å². The molecule has 0 aliphatic heterocycles. The molecule has 0 radical (unpaired) electrons. The summed E-state index contributed by atoms with van der Waals surface area (Å²) < 4.78 is 11.4. The van der Waals surface area contributed by atoms with Gasteiger partial charge in [-0.3, -0.25) is 0 Å². The highest BCUT2D eigenvalue weighted by atomic mass is 79.9. The molecule has 0 aliphatic carbocycles. The number of ether oxygens (including phenoxy) is 1.